The van der Waals surface area contributed by atoms with Gasteiger partial charge in [-0.2, -0.15) is 10.4 Å². The molecule has 6 heteroatoms. The van der Waals surface area contributed by atoms with Crippen molar-refractivity contribution in [1.29, 1.82) is 5.26 Å². The van der Waals surface area contributed by atoms with E-state index >= 15 is 0 Å². The maximum Gasteiger partial charge on any atom is 0.225 e. The summed E-state index contributed by atoms with van der Waals surface area (Å²) in [5, 5.41) is 18.5. The van der Waals surface area contributed by atoms with Gasteiger partial charge in [-0.3, -0.25) is 9.89 Å². The van der Waals surface area contributed by atoms with Gasteiger partial charge in [-0.15, -0.1) is 0 Å². The first kappa shape index (κ1) is 14.7. The maximum atomic E-state index is 13.7. The third-order valence-corrected chi connectivity index (χ3v) is 3.27. The number of benzene rings is 1. The molecule has 0 saturated carbocycles. The number of aryl methyl sites for hydroxylation is 2. The summed E-state index contributed by atoms with van der Waals surface area (Å²) in [5.74, 6) is -0.863. The Hall–Kier alpha value is -2.68. The molecule has 0 bridgehead atoms. The molecule has 1 heterocycles. The normalized spacial score (nSPS) is 11.7. The zero-order valence-corrected chi connectivity index (χ0v) is 11.8. The highest BCUT2D eigenvalue weighted by Crippen LogP contribution is 2.17. The van der Waals surface area contributed by atoms with Crippen LogP contribution in [0.5, 0.6) is 0 Å². The number of aromatic amines is 1. The molecule has 5 nitrogen and oxygen atoms in total. The van der Waals surface area contributed by atoms with Crippen LogP contribution in [0, 0.1) is 31.0 Å². The van der Waals surface area contributed by atoms with Crippen LogP contribution in [0.2, 0.25) is 0 Å². The van der Waals surface area contributed by atoms with E-state index in [4.69, 9.17) is 5.26 Å². The van der Waals surface area contributed by atoms with Crippen LogP contribution in [0.15, 0.2) is 24.3 Å². The van der Waals surface area contributed by atoms with Crippen LogP contribution in [-0.4, -0.2) is 16.1 Å². The van der Waals surface area contributed by atoms with Crippen molar-refractivity contribution in [2.24, 2.45) is 0 Å². The Morgan fingerprint density at radius 2 is 2.19 bits per heavy atom. The third-order valence-electron chi connectivity index (χ3n) is 3.27. The van der Waals surface area contributed by atoms with E-state index in [9.17, 15) is 9.18 Å². The van der Waals surface area contributed by atoms with Gasteiger partial charge >= 0.3 is 0 Å². The number of nitrogens with zero attached hydrogens (tertiary/aromatic N) is 2. The van der Waals surface area contributed by atoms with Crippen molar-refractivity contribution in [2.45, 2.75) is 26.3 Å². The maximum absolute atomic E-state index is 13.7. The standard InChI is InChI=1S/C15H15FN4O/c1-9-12(10(2)20-19-9)7-15(21)18-14(8-17)11-5-3-4-6-13(11)16/h3-6,14H,7H2,1-2H3,(H,18,21)(H,19,20). The highest BCUT2D eigenvalue weighted by atomic mass is 19.1. The molecule has 0 spiro atoms. The number of nitrogens with one attached hydrogen (secondary N) is 2. The zero-order chi connectivity index (χ0) is 15.4. The van der Waals surface area contributed by atoms with E-state index in [0.717, 1.165) is 17.0 Å². The summed E-state index contributed by atoms with van der Waals surface area (Å²) < 4.78 is 13.7. The number of amides is 1. The number of hydrogen-bond donors (Lipinski definition) is 2. The molecule has 2 N–H and O–H groups in total. The number of rotatable bonds is 4. The smallest absolute Gasteiger partial charge is 0.225 e. The van der Waals surface area contributed by atoms with Crippen LogP contribution in [0.1, 0.15) is 28.6 Å². The minimum atomic E-state index is -1.01. The second-order valence-corrected chi connectivity index (χ2v) is 4.74. The van der Waals surface area contributed by atoms with Gasteiger partial charge in [0.15, 0.2) is 0 Å². The quantitative estimate of drug-likeness (QED) is 0.903. The number of carbonyl (C=O) groups excluding carboxylic acids is 1. The molecule has 1 aromatic carbocycles. The van der Waals surface area contributed by atoms with Crippen LogP contribution < -0.4 is 5.32 Å². The van der Waals surface area contributed by atoms with E-state index in [1.807, 2.05) is 13.0 Å². The van der Waals surface area contributed by atoms with Crippen LogP contribution in [0.25, 0.3) is 0 Å². The van der Waals surface area contributed by atoms with Crippen LogP contribution in [-0.2, 0) is 11.2 Å². The lowest BCUT2D eigenvalue weighted by molar-refractivity contribution is -0.120. The summed E-state index contributed by atoms with van der Waals surface area (Å²) in [6.45, 7) is 3.62. The van der Waals surface area contributed by atoms with E-state index < -0.39 is 11.9 Å². The van der Waals surface area contributed by atoms with E-state index in [1.54, 1.807) is 13.0 Å². The first-order valence-corrected chi connectivity index (χ1v) is 6.46. The topological polar surface area (TPSA) is 81.6 Å². The number of H-pyrrole nitrogens is 1. The molecular formula is C15H15FN4O. The molecule has 1 unspecified atom stereocenters. The molecule has 1 aromatic heterocycles. The van der Waals surface area contributed by atoms with Gasteiger partial charge in [-0.25, -0.2) is 4.39 Å². The van der Waals surface area contributed by atoms with E-state index in [1.165, 1.54) is 18.2 Å². The average Bonchev–Trinajstić information content (AvgIpc) is 2.77. The Morgan fingerprint density at radius 3 is 2.76 bits per heavy atom. The fraction of sp³-hybridized carbons (Fsp3) is 0.267. The summed E-state index contributed by atoms with van der Waals surface area (Å²) >= 11 is 0. The second kappa shape index (κ2) is 6.18. The number of nitriles is 1. The molecule has 108 valence electrons. The molecule has 2 rings (SSSR count). The molecule has 0 aliphatic carbocycles. The average molecular weight is 286 g/mol. The van der Waals surface area contributed by atoms with Crippen LogP contribution in [0.4, 0.5) is 4.39 Å². The van der Waals surface area contributed by atoms with Gasteiger partial charge in [0.1, 0.15) is 11.9 Å². The molecule has 1 atom stereocenters. The monoisotopic (exact) mass is 286 g/mol. The summed E-state index contributed by atoms with van der Waals surface area (Å²) in [6.07, 6.45) is 0.0980. The third kappa shape index (κ3) is 3.26. The number of hydrogen-bond acceptors (Lipinski definition) is 3. The molecule has 1 amide bonds. The number of halogens is 1. The molecular weight excluding hydrogens is 271 g/mol. The van der Waals surface area contributed by atoms with Gasteiger partial charge in [0.05, 0.1) is 18.2 Å². The van der Waals surface area contributed by atoms with Crippen molar-refractivity contribution in [3.63, 3.8) is 0 Å². The summed E-state index contributed by atoms with van der Waals surface area (Å²) in [6, 6.07) is 6.80. The largest absolute Gasteiger partial charge is 0.336 e. The van der Waals surface area contributed by atoms with E-state index in [2.05, 4.69) is 15.5 Å². The SMILES string of the molecule is Cc1n[nH]c(C)c1CC(=O)NC(C#N)c1ccccc1F. The van der Waals surface area contributed by atoms with Gasteiger partial charge in [-0.1, -0.05) is 18.2 Å². The molecule has 21 heavy (non-hydrogen) atoms. The van der Waals surface area contributed by atoms with E-state index in [0.29, 0.717) is 0 Å². The van der Waals surface area contributed by atoms with Crippen molar-refractivity contribution in [1.82, 2.24) is 15.5 Å². The Bertz CT molecular complexity index is 682. The van der Waals surface area contributed by atoms with Crippen LogP contribution in [0.3, 0.4) is 0 Å². The van der Waals surface area contributed by atoms with Gasteiger partial charge in [-0.05, 0) is 19.9 Å². The fourth-order valence-electron chi connectivity index (χ4n) is 2.10. The fourth-order valence-corrected chi connectivity index (χ4v) is 2.10. The first-order chi connectivity index (χ1) is 10.0. The van der Waals surface area contributed by atoms with Crippen molar-refractivity contribution < 1.29 is 9.18 Å². The van der Waals surface area contributed by atoms with Crippen molar-refractivity contribution >= 4 is 5.91 Å². The zero-order valence-electron chi connectivity index (χ0n) is 11.8. The summed E-state index contributed by atoms with van der Waals surface area (Å²) in [5.41, 5.74) is 2.50. The van der Waals surface area contributed by atoms with Gasteiger partial charge in [0.25, 0.3) is 0 Å². The van der Waals surface area contributed by atoms with Crippen molar-refractivity contribution in [3.8, 4) is 6.07 Å². The minimum Gasteiger partial charge on any atom is -0.336 e. The van der Waals surface area contributed by atoms with E-state index in [-0.39, 0.29) is 17.9 Å². The minimum absolute atomic E-state index is 0.0980. The van der Waals surface area contributed by atoms with Gasteiger partial charge in [0.2, 0.25) is 5.91 Å². The van der Waals surface area contributed by atoms with Gasteiger partial charge < -0.3 is 5.32 Å². The molecule has 0 aliphatic heterocycles. The van der Waals surface area contributed by atoms with Gasteiger partial charge in [0, 0.05) is 16.8 Å². The van der Waals surface area contributed by atoms with Crippen LogP contribution >= 0.6 is 0 Å². The highest BCUT2D eigenvalue weighted by molar-refractivity contribution is 5.79. The van der Waals surface area contributed by atoms with Crippen molar-refractivity contribution in [3.05, 3.63) is 52.6 Å². The molecule has 2 aromatic rings. The Kier molecular flexibility index (Phi) is 4.33. The molecule has 0 radical (unpaired) electrons. The highest BCUT2D eigenvalue weighted by Gasteiger charge is 2.19. The van der Waals surface area contributed by atoms with Crippen molar-refractivity contribution in [2.75, 3.05) is 0 Å². The molecule has 0 aliphatic rings. The summed E-state index contributed by atoms with van der Waals surface area (Å²) in [7, 11) is 0. The lowest BCUT2D eigenvalue weighted by atomic mass is 10.1. The Labute approximate surface area is 121 Å². The molecule has 0 fully saturated rings. The predicted molar refractivity (Wildman–Crippen MR) is 74.7 cm³/mol. The predicted octanol–water partition coefficient (Wildman–Crippen LogP) is 2.09. The second-order valence-electron chi connectivity index (χ2n) is 4.74. The summed E-state index contributed by atoms with van der Waals surface area (Å²) in [4.78, 5) is 12.0. The number of aromatic nitrogens is 2. The first-order valence-electron chi connectivity index (χ1n) is 6.46. The Balaban J connectivity index is 2.11. The molecule has 0 saturated heterocycles. The lowest BCUT2D eigenvalue weighted by Gasteiger charge is -2.12. The Morgan fingerprint density at radius 1 is 1.48 bits per heavy atom. The number of carbonyl (C=O) groups is 1. The lowest BCUT2D eigenvalue weighted by Crippen LogP contribution is -2.29.